The van der Waals surface area contributed by atoms with E-state index in [0.29, 0.717) is 5.56 Å². The smallest absolute Gasteiger partial charge is 0.324 e. The maximum absolute atomic E-state index is 11.5. The molecule has 0 amide bonds. The number of halogens is 1. The fraction of sp³-hybridized carbons (Fsp3) is 0.357. The summed E-state index contributed by atoms with van der Waals surface area (Å²) in [6.07, 6.45) is 0.199. The highest BCUT2D eigenvalue weighted by Crippen LogP contribution is 2.29. The van der Waals surface area contributed by atoms with Crippen molar-refractivity contribution in [2.45, 2.75) is 26.3 Å². The van der Waals surface area contributed by atoms with E-state index in [-0.39, 0.29) is 22.5 Å². The van der Waals surface area contributed by atoms with Crippen LogP contribution in [0.2, 0.25) is 0 Å². The van der Waals surface area contributed by atoms with Crippen molar-refractivity contribution in [2.75, 3.05) is 4.61 Å². The summed E-state index contributed by atoms with van der Waals surface area (Å²) >= 11 is 1.90. The molecule has 0 aliphatic heterocycles. The molecule has 0 fully saturated rings. The van der Waals surface area contributed by atoms with E-state index in [2.05, 4.69) is 0 Å². The summed E-state index contributed by atoms with van der Waals surface area (Å²) in [6.45, 7) is 2.47. The lowest BCUT2D eigenvalue weighted by Gasteiger charge is -2.13. The monoisotopic (exact) mass is 421 g/mol. The van der Waals surface area contributed by atoms with Crippen LogP contribution in [-0.4, -0.2) is 28.6 Å². The van der Waals surface area contributed by atoms with Crippen LogP contribution in [-0.2, 0) is 25.5 Å². The van der Waals surface area contributed by atoms with Crippen LogP contribution in [0.1, 0.15) is 19.4 Å². The van der Waals surface area contributed by atoms with Crippen molar-refractivity contribution < 1.29 is 28.6 Å². The van der Waals surface area contributed by atoms with Crippen LogP contribution >= 0.6 is 22.6 Å². The van der Waals surface area contributed by atoms with Crippen LogP contribution in [0.15, 0.2) is 18.2 Å². The van der Waals surface area contributed by atoms with E-state index in [9.17, 15) is 14.4 Å². The zero-order chi connectivity index (χ0) is 16.7. The van der Waals surface area contributed by atoms with Crippen molar-refractivity contribution in [1.29, 1.82) is 0 Å². The Morgan fingerprint density at radius 3 is 2.27 bits per heavy atom. The van der Waals surface area contributed by atoms with Crippen molar-refractivity contribution in [2.24, 2.45) is 5.73 Å². The Bertz CT molecular complexity index is 574. The topological polar surface area (TPSA) is 105 Å². The summed E-state index contributed by atoms with van der Waals surface area (Å²) in [5, 5.41) is 0. The summed E-state index contributed by atoms with van der Waals surface area (Å²) < 4.78 is 15.0. The lowest BCUT2D eigenvalue weighted by Crippen LogP contribution is -2.34. The third kappa shape index (κ3) is 5.98. The Hall–Kier alpha value is -1.68. The molecule has 8 heteroatoms. The van der Waals surface area contributed by atoms with Gasteiger partial charge in [-0.05, 0) is 46.7 Å². The van der Waals surface area contributed by atoms with Crippen molar-refractivity contribution in [3.63, 3.8) is 0 Å². The predicted octanol–water partition coefficient (Wildman–Crippen LogP) is 1.34. The van der Waals surface area contributed by atoms with Gasteiger partial charge in [-0.15, -0.1) is 0 Å². The number of carbonyl (C=O) groups is 3. The molecule has 0 radical (unpaired) electrons. The second kappa shape index (κ2) is 8.69. The van der Waals surface area contributed by atoms with Gasteiger partial charge in [0, 0.05) is 13.8 Å². The van der Waals surface area contributed by atoms with Gasteiger partial charge in [-0.1, -0.05) is 6.07 Å². The van der Waals surface area contributed by atoms with Crippen molar-refractivity contribution in [1.82, 2.24) is 0 Å². The number of rotatable bonds is 6. The zero-order valence-electron chi connectivity index (χ0n) is 12.1. The van der Waals surface area contributed by atoms with E-state index in [1.165, 1.54) is 26.0 Å². The van der Waals surface area contributed by atoms with E-state index in [0.717, 1.165) is 0 Å². The van der Waals surface area contributed by atoms with Crippen molar-refractivity contribution in [3.8, 4) is 11.5 Å². The molecule has 0 saturated carbocycles. The van der Waals surface area contributed by atoms with E-state index < -0.39 is 23.9 Å². The van der Waals surface area contributed by atoms with Gasteiger partial charge in [0.2, 0.25) is 0 Å². The maximum Gasteiger partial charge on any atom is 0.324 e. The Labute approximate surface area is 141 Å². The van der Waals surface area contributed by atoms with E-state index in [4.69, 9.17) is 19.9 Å². The molecule has 120 valence electrons. The van der Waals surface area contributed by atoms with Gasteiger partial charge >= 0.3 is 17.9 Å². The highest BCUT2D eigenvalue weighted by molar-refractivity contribution is 14.1. The molecule has 1 rings (SSSR count). The molecule has 22 heavy (non-hydrogen) atoms. The summed E-state index contributed by atoms with van der Waals surface area (Å²) in [6, 6.07) is 3.77. The highest BCUT2D eigenvalue weighted by atomic mass is 127. The zero-order valence-corrected chi connectivity index (χ0v) is 14.3. The molecule has 7 nitrogen and oxygen atoms in total. The largest absolute Gasteiger partial charge is 0.454 e. The molecule has 1 aromatic rings. The second-order valence-electron chi connectivity index (χ2n) is 4.35. The first-order valence-electron chi connectivity index (χ1n) is 6.31. The van der Waals surface area contributed by atoms with Gasteiger partial charge in [0.25, 0.3) is 0 Å². The average Bonchev–Trinajstić information content (AvgIpc) is 2.40. The molecular formula is C14H16INO6. The van der Waals surface area contributed by atoms with Gasteiger partial charge in [0.1, 0.15) is 10.7 Å². The molecule has 0 bridgehead atoms. The Kier molecular flexibility index (Phi) is 7.25. The highest BCUT2D eigenvalue weighted by Gasteiger charge is 2.17. The van der Waals surface area contributed by atoms with Gasteiger partial charge in [-0.3, -0.25) is 14.4 Å². The standard InChI is InChI=1S/C14H16INO6/c1-8(17)21-12-4-3-10(6-13(12)22-9(2)18)5-11(16)14(19)20-7-15/h3-4,6,11H,5,7,16H2,1-2H3/t11-/m0/s1. The molecule has 1 atom stereocenters. The Balaban J connectivity index is 2.95. The van der Waals surface area contributed by atoms with Crippen LogP contribution in [0, 0.1) is 0 Å². The minimum atomic E-state index is -0.834. The van der Waals surface area contributed by atoms with Crippen LogP contribution in [0.5, 0.6) is 11.5 Å². The third-order valence-electron chi connectivity index (χ3n) is 2.47. The Morgan fingerprint density at radius 1 is 1.14 bits per heavy atom. The molecule has 2 N–H and O–H groups in total. The van der Waals surface area contributed by atoms with Gasteiger partial charge < -0.3 is 19.9 Å². The molecule has 1 aromatic carbocycles. The first-order valence-corrected chi connectivity index (χ1v) is 7.84. The van der Waals surface area contributed by atoms with Crippen LogP contribution in [0.25, 0.3) is 0 Å². The van der Waals surface area contributed by atoms with Crippen molar-refractivity contribution >= 4 is 40.5 Å². The molecule has 0 saturated heterocycles. The maximum atomic E-state index is 11.5. The fourth-order valence-corrected chi connectivity index (χ4v) is 1.96. The first-order chi connectivity index (χ1) is 10.3. The molecule has 0 aromatic heterocycles. The molecule has 0 aliphatic rings. The number of nitrogens with two attached hydrogens (primary N) is 1. The molecule has 0 unspecified atom stereocenters. The SMILES string of the molecule is CC(=O)Oc1ccc(C[C@H](N)C(=O)OCI)cc1OC(C)=O. The lowest BCUT2D eigenvalue weighted by molar-refractivity contribution is -0.142. The number of esters is 3. The minimum Gasteiger partial charge on any atom is -0.454 e. The first kappa shape index (κ1) is 18.4. The number of hydrogen-bond acceptors (Lipinski definition) is 7. The molecular weight excluding hydrogens is 405 g/mol. The summed E-state index contributed by atoms with van der Waals surface area (Å²) in [5.74, 6) is -1.40. The quantitative estimate of drug-likeness (QED) is 0.320. The Morgan fingerprint density at radius 2 is 1.73 bits per heavy atom. The summed E-state index contributed by atoms with van der Waals surface area (Å²) in [4.78, 5) is 33.7. The van der Waals surface area contributed by atoms with Crippen LogP contribution in [0.4, 0.5) is 0 Å². The fourth-order valence-electron chi connectivity index (χ4n) is 1.65. The van der Waals surface area contributed by atoms with Gasteiger partial charge in [-0.2, -0.15) is 0 Å². The van der Waals surface area contributed by atoms with E-state index in [1.807, 2.05) is 22.6 Å². The minimum absolute atomic E-state index is 0.0923. The predicted molar refractivity (Wildman–Crippen MR) is 85.7 cm³/mol. The molecule has 0 aliphatic carbocycles. The van der Waals surface area contributed by atoms with Gasteiger partial charge in [0.15, 0.2) is 11.5 Å². The lowest BCUT2D eigenvalue weighted by atomic mass is 10.1. The third-order valence-corrected chi connectivity index (χ3v) is 2.78. The van der Waals surface area contributed by atoms with Crippen LogP contribution < -0.4 is 15.2 Å². The number of alkyl halides is 1. The summed E-state index contributed by atoms with van der Waals surface area (Å²) in [7, 11) is 0. The van der Waals surface area contributed by atoms with Gasteiger partial charge in [-0.25, -0.2) is 0 Å². The van der Waals surface area contributed by atoms with Crippen LogP contribution in [0.3, 0.4) is 0 Å². The number of carbonyl (C=O) groups excluding carboxylic acids is 3. The van der Waals surface area contributed by atoms with E-state index >= 15 is 0 Å². The number of hydrogen-bond donors (Lipinski definition) is 1. The van der Waals surface area contributed by atoms with Crippen molar-refractivity contribution in [3.05, 3.63) is 23.8 Å². The number of ether oxygens (including phenoxy) is 3. The normalized spacial score (nSPS) is 11.5. The number of benzene rings is 1. The molecule has 0 spiro atoms. The second-order valence-corrected chi connectivity index (χ2v) is 4.97. The summed E-state index contributed by atoms with van der Waals surface area (Å²) in [5.41, 5.74) is 6.38. The average molecular weight is 421 g/mol. The van der Waals surface area contributed by atoms with E-state index in [1.54, 1.807) is 6.07 Å². The molecule has 0 heterocycles. The van der Waals surface area contributed by atoms with Gasteiger partial charge in [0.05, 0.1) is 0 Å².